The van der Waals surface area contributed by atoms with Crippen molar-refractivity contribution in [2.45, 2.75) is 18.8 Å². The zero-order chi connectivity index (χ0) is 15.1. The van der Waals surface area contributed by atoms with Crippen LogP contribution in [-0.4, -0.2) is 31.0 Å². The molecular weight excluding hydrogens is 344 g/mol. The quantitative estimate of drug-likeness (QED) is 0.668. The summed E-state index contributed by atoms with van der Waals surface area (Å²) >= 11 is 3.31. The Balaban J connectivity index is 2.19. The highest BCUT2D eigenvalue weighted by Gasteiger charge is 2.34. The Kier molecular flexibility index (Phi) is 3.20. The van der Waals surface area contributed by atoms with E-state index in [1.165, 1.54) is 22.9 Å². The van der Waals surface area contributed by atoms with Crippen LogP contribution in [0, 0.1) is 10.1 Å². The summed E-state index contributed by atoms with van der Waals surface area (Å²) in [7, 11) is 0. The molecule has 0 aliphatic heterocycles. The number of benzene rings is 1. The van der Waals surface area contributed by atoms with E-state index in [1.54, 1.807) is 0 Å². The molecule has 0 atom stereocenters. The van der Waals surface area contributed by atoms with Crippen LogP contribution in [-0.2, 0) is 0 Å². The summed E-state index contributed by atoms with van der Waals surface area (Å²) in [4.78, 5) is 21.6. The summed E-state index contributed by atoms with van der Waals surface area (Å²) < 4.78 is 1.95. The van der Waals surface area contributed by atoms with Crippen molar-refractivity contribution in [3.8, 4) is 5.69 Å². The van der Waals surface area contributed by atoms with E-state index in [0.717, 1.165) is 12.8 Å². The van der Waals surface area contributed by atoms with Crippen LogP contribution >= 0.6 is 15.9 Å². The van der Waals surface area contributed by atoms with E-state index in [9.17, 15) is 20.0 Å². The predicted octanol–water partition coefficient (Wildman–Crippen LogP) is 2.51. The van der Waals surface area contributed by atoms with Gasteiger partial charge in [0.1, 0.15) is 0 Å². The molecule has 8 nitrogen and oxygen atoms in total. The lowest BCUT2D eigenvalue weighted by Gasteiger charge is -2.08. The zero-order valence-corrected chi connectivity index (χ0v) is 12.1. The minimum atomic E-state index is -1.15. The molecule has 1 aromatic carbocycles. The number of hydrogen-bond donors (Lipinski definition) is 1. The van der Waals surface area contributed by atoms with E-state index in [-0.39, 0.29) is 17.3 Å². The van der Waals surface area contributed by atoms with Crippen molar-refractivity contribution in [2.24, 2.45) is 0 Å². The Labute approximate surface area is 126 Å². The molecule has 21 heavy (non-hydrogen) atoms. The molecule has 1 saturated carbocycles. The van der Waals surface area contributed by atoms with Crippen molar-refractivity contribution in [3.63, 3.8) is 0 Å². The highest BCUT2D eigenvalue weighted by Crippen LogP contribution is 2.42. The third-order valence-corrected chi connectivity index (χ3v) is 3.91. The second-order valence-electron chi connectivity index (χ2n) is 4.71. The van der Waals surface area contributed by atoms with Crippen LogP contribution in [0.1, 0.15) is 34.9 Å². The van der Waals surface area contributed by atoms with Crippen LogP contribution in [0.5, 0.6) is 0 Å². The molecule has 9 heteroatoms. The highest BCUT2D eigenvalue weighted by molar-refractivity contribution is 9.10. The van der Waals surface area contributed by atoms with E-state index in [1.807, 2.05) is 0 Å². The van der Waals surface area contributed by atoms with Gasteiger partial charge in [-0.05, 0) is 34.8 Å². The molecule has 0 amide bonds. The summed E-state index contributed by atoms with van der Waals surface area (Å²) in [6, 6.07) is 4.24. The number of nitrogens with zero attached hydrogens (tertiary/aromatic N) is 4. The summed E-state index contributed by atoms with van der Waals surface area (Å²) in [5, 5.41) is 27.6. The first-order valence-electron chi connectivity index (χ1n) is 6.12. The fraction of sp³-hybridized carbons (Fsp3) is 0.250. The number of non-ortho nitro benzene ring substituents is 1. The Morgan fingerprint density at radius 1 is 1.48 bits per heavy atom. The number of aromatic carboxylic acids is 1. The van der Waals surface area contributed by atoms with Gasteiger partial charge in [0.05, 0.1) is 16.3 Å². The average Bonchev–Trinajstić information content (AvgIpc) is 3.17. The standard InChI is InChI=1S/C12H9BrN4O4/c13-8-4-3-7(17(20)21)5-9(8)16-11(6-1-2-6)10(12(18)19)14-15-16/h3-6H,1-2H2,(H,18,19). The number of nitro groups is 1. The van der Waals surface area contributed by atoms with Crippen LogP contribution in [0.15, 0.2) is 22.7 Å². The first kappa shape index (κ1) is 13.7. The zero-order valence-electron chi connectivity index (χ0n) is 10.6. The second kappa shape index (κ2) is 4.92. The van der Waals surface area contributed by atoms with E-state index in [4.69, 9.17) is 0 Å². The van der Waals surface area contributed by atoms with Crippen molar-refractivity contribution >= 4 is 27.6 Å². The number of carbonyl (C=O) groups is 1. The van der Waals surface area contributed by atoms with Crippen molar-refractivity contribution in [3.05, 3.63) is 44.2 Å². The van der Waals surface area contributed by atoms with E-state index < -0.39 is 10.9 Å². The molecule has 2 aromatic rings. The van der Waals surface area contributed by atoms with Crippen LogP contribution in [0.3, 0.4) is 0 Å². The van der Waals surface area contributed by atoms with Crippen molar-refractivity contribution < 1.29 is 14.8 Å². The van der Waals surface area contributed by atoms with Crippen LogP contribution < -0.4 is 0 Å². The average molecular weight is 353 g/mol. The first-order valence-corrected chi connectivity index (χ1v) is 6.91. The largest absolute Gasteiger partial charge is 0.476 e. The molecule has 0 spiro atoms. The fourth-order valence-electron chi connectivity index (χ4n) is 2.12. The molecule has 0 unspecified atom stereocenters. The molecule has 1 heterocycles. The molecule has 108 valence electrons. The summed E-state index contributed by atoms with van der Waals surface area (Å²) in [5.41, 5.74) is 0.702. The number of carboxylic acid groups (broad SMARTS) is 1. The molecule has 1 aliphatic carbocycles. The molecular formula is C12H9BrN4O4. The van der Waals surface area contributed by atoms with Gasteiger partial charge in [-0.3, -0.25) is 10.1 Å². The maximum Gasteiger partial charge on any atom is 0.358 e. The molecule has 0 bridgehead atoms. The van der Waals surface area contributed by atoms with Crippen LogP contribution in [0.2, 0.25) is 0 Å². The normalized spacial score (nSPS) is 14.1. The number of aromatic nitrogens is 3. The molecule has 1 fully saturated rings. The van der Waals surface area contributed by atoms with Gasteiger partial charge in [-0.2, -0.15) is 0 Å². The van der Waals surface area contributed by atoms with Crippen molar-refractivity contribution in [1.82, 2.24) is 15.0 Å². The van der Waals surface area contributed by atoms with Gasteiger partial charge in [0.15, 0.2) is 5.69 Å². The fourth-order valence-corrected chi connectivity index (χ4v) is 2.53. The number of halogens is 1. The molecule has 1 aromatic heterocycles. The number of carboxylic acids is 1. The van der Waals surface area contributed by atoms with Gasteiger partial charge in [-0.15, -0.1) is 5.10 Å². The lowest BCUT2D eigenvalue weighted by Crippen LogP contribution is -2.06. The van der Waals surface area contributed by atoms with E-state index >= 15 is 0 Å². The first-order chi connectivity index (χ1) is 9.99. The minimum Gasteiger partial charge on any atom is -0.476 e. The van der Waals surface area contributed by atoms with Gasteiger partial charge in [-0.25, -0.2) is 9.48 Å². The molecule has 1 N–H and O–H groups in total. The van der Waals surface area contributed by atoms with Gasteiger partial charge in [-0.1, -0.05) is 5.21 Å². The summed E-state index contributed by atoms with van der Waals surface area (Å²) in [5.74, 6) is -1.07. The van der Waals surface area contributed by atoms with E-state index in [2.05, 4.69) is 26.2 Å². The maximum atomic E-state index is 11.2. The van der Waals surface area contributed by atoms with Crippen LogP contribution in [0.4, 0.5) is 5.69 Å². The van der Waals surface area contributed by atoms with Gasteiger partial charge in [0.2, 0.25) is 0 Å². The predicted molar refractivity (Wildman–Crippen MR) is 74.6 cm³/mol. The van der Waals surface area contributed by atoms with Gasteiger partial charge >= 0.3 is 5.97 Å². The number of rotatable bonds is 4. The Bertz CT molecular complexity index is 754. The Morgan fingerprint density at radius 3 is 2.76 bits per heavy atom. The smallest absolute Gasteiger partial charge is 0.358 e. The van der Waals surface area contributed by atoms with Gasteiger partial charge < -0.3 is 5.11 Å². The Morgan fingerprint density at radius 2 is 2.19 bits per heavy atom. The molecule has 0 saturated heterocycles. The second-order valence-corrected chi connectivity index (χ2v) is 5.56. The lowest BCUT2D eigenvalue weighted by molar-refractivity contribution is -0.384. The number of nitro benzene ring substituents is 1. The lowest BCUT2D eigenvalue weighted by atomic mass is 10.2. The van der Waals surface area contributed by atoms with E-state index in [0.29, 0.717) is 15.9 Å². The monoisotopic (exact) mass is 352 g/mol. The minimum absolute atomic E-state index is 0.0808. The third kappa shape index (κ3) is 2.40. The highest BCUT2D eigenvalue weighted by atomic mass is 79.9. The van der Waals surface area contributed by atoms with Gasteiger partial charge in [0.25, 0.3) is 5.69 Å². The molecule has 1 aliphatic rings. The molecule has 3 rings (SSSR count). The van der Waals surface area contributed by atoms with Crippen molar-refractivity contribution in [1.29, 1.82) is 0 Å². The third-order valence-electron chi connectivity index (χ3n) is 3.24. The van der Waals surface area contributed by atoms with Gasteiger partial charge in [0, 0.05) is 22.5 Å². The summed E-state index contributed by atoms with van der Waals surface area (Å²) in [6.07, 6.45) is 1.72. The summed E-state index contributed by atoms with van der Waals surface area (Å²) in [6.45, 7) is 0. The van der Waals surface area contributed by atoms with Crippen LogP contribution in [0.25, 0.3) is 5.69 Å². The number of hydrogen-bond acceptors (Lipinski definition) is 5. The topological polar surface area (TPSA) is 111 Å². The van der Waals surface area contributed by atoms with Crippen molar-refractivity contribution in [2.75, 3.05) is 0 Å². The molecule has 0 radical (unpaired) electrons. The maximum absolute atomic E-state index is 11.2. The SMILES string of the molecule is O=C(O)c1nnn(-c2cc([N+](=O)[O-])ccc2Br)c1C1CC1. The Hall–Kier alpha value is -2.29.